The minimum atomic E-state index is -0.836. The predicted molar refractivity (Wildman–Crippen MR) is 84.2 cm³/mol. The number of carbonyl (C=O) groups is 3. The first kappa shape index (κ1) is 16.7. The fourth-order valence-corrected chi connectivity index (χ4v) is 3.26. The van der Waals surface area contributed by atoms with Crippen LogP contribution in [0, 0.1) is 0 Å². The highest BCUT2D eigenvalue weighted by molar-refractivity contribution is 7.15. The third kappa shape index (κ3) is 4.40. The van der Waals surface area contributed by atoms with Gasteiger partial charge in [0.1, 0.15) is 4.88 Å². The van der Waals surface area contributed by atoms with Gasteiger partial charge in [0.05, 0.1) is 4.88 Å². The van der Waals surface area contributed by atoms with Crippen LogP contribution < -0.4 is 5.32 Å². The van der Waals surface area contributed by atoms with Gasteiger partial charge in [-0.15, -0.1) is 11.3 Å². The van der Waals surface area contributed by atoms with Crippen LogP contribution >= 0.6 is 11.3 Å². The van der Waals surface area contributed by atoms with E-state index < -0.39 is 12.1 Å². The van der Waals surface area contributed by atoms with Crippen molar-refractivity contribution in [3.8, 4) is 0 Å². The van der Waals surface area contributed by atoms with Crippen LogP contribution in [0.15, 0.2) is 12.1 Å². The van der Waals surface area contributed by atoms with Crippen LogP contribution in [-0.2, 0) is 9.53 Å². The molecule has 1 heterocycles. The van der Waals surface area contributed by atoms with E-state index in [4.69, 9.17) is 4.74 Å². The maximum atomic E-state index is 12.1. The lowest BCUT2D eigenvalue weighted by atomic mass is 9.95. The Hall–Kier alpha value is -1.69. The van der Waals surface area contributed by atoms with E-state index in [2.05, 4.69) is 5.32 Å². The highest BCUT2D eigenvalue weighted by atomic mass is 32.1. The lowest BCUT2D eigenvalue weighted by molar-refractivity contribution is -0.130. The molecule has 1 aromatic heterocycles. The third-order valence-electron chi connectivity index (χ3n) is 3.76. The molecule has 1 atom stereocenters. The second-order valence-electron chi connectivity index (χ2n) is 5.61. The molecule has 1 fully saturated rings. The van der Waals surface area contributed by atoms with Gasteiger partial charge in [0.2, 0.25) is 0 Å². The molecular formula is C16H21NO4S. The van der Waals surface area contributed by atoms with E-state index in [0.717, 1.165) is 37.0 Å². The Kier molecular flexibility index (Phi) is 5.71. The van der Waals surface area contributed by atoms with Gasteiger partial charge in [-0.3, -0.25) is 9.59 Å². The average Bonchev–Trinajstić information content (AvgIpc) is 2.98. The van der Waals surface area contributed by atoms with E-state index in [1.807, 2.05) is 0 Å². The number of amides is 1. The Labute approximate surface area is 134 Å². The van der Waals surface area contributed by atoms with Gasteiger partial charge >= 0.3 is 5.97 Å². The number of ketones is 1. The molecule has 1 N–H and O–H groups in total. The fraction of sp³-hybridized carbons (Fsp3) is 0.562. The zero-order valence-electron chi connectivity index (χ0n) is 12.9. The number of hydrogen-bond donors (Lipinski definition) is 1. The molecular weight excluding hydrogens is 302 g/mol. The summed E-state index contributed by atoms with van der Waals surface area (Å²) in [5, 5.41) is 2.93. The second-order valence-corrected chi connectivity index (χ2v) is 6.69. The van der Waals surface area contributed by atoms with E-state index >= 15 is 0 Å². The number of nitrogens with one attached hydrogen (secondary N) is 1. The van der Waals surface area contributed by atoms with Crippen molar-refractivity contribution in [2.45, 2.75) is 58.1 Å². The quantitative estimate of drug-likeness (QED) is 0.668. The summed E-state index contributed by atoms with van der Waals surface area (Å²) in [5.74, 6) is -0.917. The first-order valence-corrected chi connectivity index (χ1v) is 8.41. The molecule has 2 rings (SSSR count). The molecule has 1 aliphatic carbocycles. The number of ether oxygens (including phenoxy) is 1. The van der Waals surface area contributed by atoms with Crippen molar-refractivity contribution in [2.24, 2.45) is 0 Å². The van der Waals surface area contributed by atoms with Crippen molar-refractivity contribution < 1.29 is 19.1 Å². The SMILES string of the molecule is CC(=O)c1ccc(C(=O)OC(C)C(=O)NC2CCCCC2)s1. The van der Waals surface area contributed by atoms with Crippen LogP contribution in [0.3, 0.4) is 0 Å². The van der Waals surface area contributed by atoms with Crippen molar-refractivity contribution in [3.05, 3.63) is 21.9 Å². The summed E-state index contributed by atoms with van der Waals surface area (Å²) in [7, 11) is 0. The molecule has 1 saturated carbocycles. The van der Waals surface area contributed by atoms with Crippen molar-refractivity contribution in [2.75, 3.05) is 0 Å². The van der Waals surface area contributed by atoms with Gasteiger partial charge in [-0.2, -0.15) is 0 Å². The minimum Gasteiger partial charge on any atom is -0.448 e. The molecule has 0 bridgehead atoms. The Balaban J connectivity index is 1.86. The fourth-order valence-electron chi connectivity index (χ4n) is 2.47. The Morgan fingerprint density at radius 1 is 1.18 bits per heavy atom. The molecule has 120 valence electrons. The first-order chi connectivity index (χ1) is 10.5. The summed E-state index contributed by atoms with van der Waals surface area (Å²) in [4.78, 5) is 36.1. The van der Waals surface area contributed by atoms with Gasteiger partial charge in [0.25, 0.3) is 5.91 Å². The Morgan fingerprint density at radius 3 is 2.41 bits per heavy atom. The molecule has 22 heavy (non-hydrogen) atoms. The zero-order chi connectivity index (χ0) is 16.1. The van der Waals surface area contributed by atoms with E-state index in [-0.39, 0.29) is 17.7 Å². The first-order valence-electron chi connectivity index (χ1n) is 7.59. The largest absolute Gasteiger partial charge is 0.448 e. The van der Waals surface area contributed by atoms with Crippen LogP contribution in [0.5, 0.6) is 0 Å². The molecule has 0 radical (unpaired) electrons. The summed E-state index contributed by atoms with van der Waals surface area (Å²) >= 11 is 1.08. The van der Waals surface area contributed by atoms with Crippen molar-refractivity contribution in [1.29, 1.82) is 0 Å². The van der Waals surface area contributed by atoms with Crippen LogP contribution in [0.1, 0.15) is 65.3 Å². The molecule has 0 saturated heterocycles. The summed E-state index contributed by atoms with van der Waals surface area (Å²) in [6.07, 6.45) is 4.61. The summed E-state index contributed by atoms with van der Waals surface area (Å²) in [5.41, 5.74) is 0. The topological polar surface area (TPSA) is 72.5 Å². The summed E-state index contributed by atoms with van der Waals surface area (Å²) in [6.45, 7) is 3.01. The normalized spacial score (nSPS) is 16.8. The van der Waals surface area contributed by atoms with Gasteiger partial charge in [0, 0.05) is 6.04 Å². The predicted octanol–water partition coefficient (Wildman–Crippen LogP) is 2.94. The minimum absolute atomic E-state index is 0.0906. The van der Waals surface area contributed by atoms with E-state index in [1.165, 1.54) is 13.3 Å². The van der Waals surface area contributed by atoms with Crippen LogP contribution in [0.25, 0.3) is 0 Å². The standard InChI is InChI=1S/C16H21NO4S/c1-10(18)13-8-9-14(22-13)16(20)21-11(2)15(19)17-12-6-4-3-5-7-12/h8-9,11-12H,3-7H2,1-2H3,(H,17,19). The lowest BCUT2D eigenvalue weighted by Crippen LogP contribution is -2.42. The number of Topliss-reactive ketones (excluding diaryl/α,β-unsaturated/α-hetero) is 1. The molecule has 1 aromatic rings. The second kappa shape index (κ2) is 7.54. The van der Waals surface area contributed by atoms with Gasteiger partial charge in [-0.25, -0.2) is 4.79 Å². The summed E-state index contributed by atoms with van der Waals surface area (Å²) in [6, 6.07) is 3.33. The van der Waals surface area contributed by atoms with Gasteiger partial charge in [-0.1, -0.05) is 19.3 Å². The van der Waals surface area contributed by atoms with E-state index in [1.54, 1.807) is 19.1 Å². The maximum Gasteiger partial charge on any atom is 0.349 e. The van der Waals surface area contributed by atoms with Gasteiger partial charge < -0.3 is 10.1 Å². The van der Waals surface area contributed by atoms with Crippen molar-refractivity contribution in [1.82, 2.24) is 5.32 Å². The van der Waals surface area contributed by atoms with Gasteiger partial charge in [-0.05, 0) is 38.8 Å². The third-order valence-corrected chi connectivity index (χ3v) is 4.92. The zero-order valence-corrected chi connectivity index (χ0v) is 13.7. The molecule has 1 unspecified atom stereocenters. The number of thiophene rings is 1. The van der Waals surface area contributed by atoms with Crippen LogP contribution in [0.4, 0.5) is 0 Å². The van der Waals surface area contributed by atoms with Gasteiger partial charge in [0.15, 0.2) is 11.9 Å². The monoisotopic (exact) mass is 323 g/mol. The molecule has 5 nitrogen and oxygen atoms in total. The molecule has 0 aliphatic heterocycles. The van der Waals surface area contributed by atoms with E-state index in [0.29, 0.717) is 9.75 Å². The van der Waals surface area contributed by atoms with E-state index in [9.17, 15) is 14.4 Å². The Bertz CT molecular complexity index is 560. The smallest absolute Gasteiger partial charge is 0.349 e. The highest BCUT2D eigenvalue weighted by Crippen LogP contribution is 2.19. The molecule has 0 aromatic carbocycles. The number of carbonyl (C=O) groups excluding carboxylic acids is 3. The number of esters is 1. The number of hydrogen-bond acceptors (Lipinski definition) is 5. The maximum absolute atomic E-state index is 12.1. The Morgan fingerprint density at radius 2 is 1.82 bits per heavy atom. The van der Waals surface area contributed by atoms with Crippen molar-refractivity contribution in [3.63, 3.8) is 0 Å². The molecule has 6 heteroatoms. The average molecular weight is 323 g/mol. The molecule has 0 spiro atoms. The number of rotatable bonds is 5. The molecule has 1 aliphatic rings. The van der Waals surface area contributed by atoms with Crippen LogP contribution in [-0.4, -0.2) is 29.8 Å². The van der Waals surface area contributed by atoms with Crippen molar-refractivity contribution >= 4 is 29.0 Å². The molecule has 1 amide bonds. The summed E-state index contributed by atoms with van der Waals surface area (Å²) < 4.78 is 5.18. The van der Waals surface area contributed by atoms with Crippen LogP contribution in [0.2, 0.25) is 0 Å². The highest BCUT2D eigenvalue weighted by Gasteiger charge is 2.23. The lowest BCUT2D eigenvalue weighted by Gasteiger charge is -2.24.